The van der Waals surface area contributed by atoms with Gasteiger partial charge in [0, 0.05) is 17.5 Å². The van der Waals surface area contributed by atoms with Gasteiger partial charge in [0.2, 0.25) is 0 Å². The van der Waals surface area contributed by atoms with Gasteiger partial charge < -0.3 is 19.2 Å². The maximum absolute atomic E-state index is 12.4. The Hall–Kier alpha value is -2.83. The van der Waals surface area contributed by atoms with E-state index in [9.17, 15) is 14.4 Å². The fraction of sp³-hybridized carbons (Fsp3) is 0.450. The van der Waals surface area contributed by atoms with Crippen LogP contribution in [0.3, 0.4) is 0 Å². The smallest absolute Gasteiger partial charge is 0.408 e. The molecule has 1 aromatic carbocycles. The van der Waals surface area contributed by atoms with E-state index < -0.39 is 29.3 Å². The molecule has 1 aromatic heterocycles. The number of carbonyl (C=O) groups excluding carboxylic acids is 2. The Balaban J connectivity index is 2.22. The number of benzene rings is 1. The molecule has 27 heavy (non-hydrogen) atoms. The molecule has 0 aliphatic carbocycles. The molecule has 1 N–H and O–H groups in total. The first-order chi connectivity index (χ1) is 12.5. The maximum atomic E-state index is 12.4. The van der Waals surface area contributed by atoms with Gasteiger partial charge in [0.05, 0.1) is 0 Å². The standard InChI is InChI=1S/C20H25NO6/c1-7-13-9-14-11(2)8-17(22)25-16(14)10-15(13)26-18(23)12(3)21-19(24)27-20(4,5)6/h8-10,12H,7H2,1-6H3,(H,21,24). The molecule has 7 heteroatoms. The minimum absolute atomic E-state index is 0.293. The summed E-state index contributed by atoms with van der Waals surface area (Å²) in [5.41, 5.74) is 0.775. The molecule has 0 saturated heterocycles. The third-order valence-electron chi connectivity index (χ3n) is 3.81. The molecular formula is C20H25NO6. The van der Waals surface area contributed by atoms with Crippen LogP contribution in [0.1, 0.15) is 45.7 Å². The van der Waals surface area contributed by atoms with Crippen LogP contribution in [-0.2, 0) is 16.0 Å². The Morgan fingerprint density at radius 3 is 2.48 bits per heavy atom. The summed E-state index contributed by atoms with van der Waals surface area (Å²) in [6, 6.07) is 3.87. The van der Waals surface area contributed by atoms with Gasteiger partial charge in [-0.15, -0.1) is 0 Å². The Morgan fingerprint density at radius 2 is 1.89 bits per heavy atom. The number of alkyl carbamates (subject to hydrolysis) is 1. The van der Waals surface area contributed by atoms with Gasteiger partial charge in [-0.3, -0.25) is 0 Å². The van der Waals surface area contributed by atoms with E-state index in [0.29, 0.717) is 17.8 Å². The number of nitrogens with one attached hydrogen (secondary N) is 1. The summed E-state index contributed by atoms with van der Waals surface area (Å²) in [5.74, 6) is -0.355. The van der Waals surface area contributed by atoms with Crippen LogP contribution in [0, 0.1) is 6.92 Å². The summed E-state index contributed by atoms with van der Waals surface area (Å²) in [4.78, 5) is 35.8. The van der Waals surface area contributed by atoms with Crippen molar-refractivity contribution < 1.29 is 23.5 Å². The Kier molecular flexibility index (Phi) is 5.93. The molecule has 0 saturated carbocycles. The highest BCUT2D eigenvalue weighted by Crippen LogP contribution is 2.28. The number of hydrogen-bond donors (Lipinski definition) is 1. The number of amides is 1. The van der Waals surface area contributed by atoms with Gasteiger partial charge in [0.15, 0.2) is 0 Å². The molecule has 0 fully saturated rings. The molecule has 1 atom stereocenters. The van der Waals surface area contributed by atoms with Gasteiger partial charge in [-0.25, -0.2) is 14.4 Å². The summed E-state index contributed by atoms with van der Waals surface area (Å²) >= 11 is 0. The molecule has 0 radical (unpaired) electrons. The highest BCUT2D eigenvalue weighted by molar-refractivity contribution is 5.86. The number of hydrogen-bond acceptors (Lipinski definition) is 6. The molecule has 2 aromatic rings. The van der Waals surface area contributed by atoms with E-state index in [1.807, 2.05) is 19.9 Å². The van der Waals surface area contributed by atoms with Gasteiger partial charge in [0.1, 0.15) is 23.0 Å². The number of aryl methyl sites for hydroxylation is 2. The van der Waals surface area contributed by atoms with Gasteiger partial charge in [-0.2, -0.15) is 0 Å². The summed E-state index contributed by atoms with van der Waals surface area (Å²) in [5, 5.41) is 3.22. The highest BCUT2D eigenvalue weighted by Gasteiger charge is 2.23. The number of rotatable bonds is 4. The largest absolute Gasteiger partial charge is 0.444 e. The average Bonchev–Trinajstić information content (AvgIpc) is 2.52. The number of esters is 1. The van der Waals surface area contributed by atoms with Crippen LogP contribution in [0.4, 0.5) is 4.79 Å². The fourth-order valence-electron chi connectivity index (χ4n) is 2.50. The third kappa shape index (κ3) is 5.32. The van der Waals surface area contributed by atoms with Gasteiger partial charge in [-0.1, -0.05) is 6.92 Å². The van der Waals surface area contributed by atoms with Crippen molar-refractivity contribution in [1.82, 2.24) is 5.32 Å². The van der Waals surface area contributed by atoms with Gasteiger partial charge in [0.25, 0.3) is 0 Å². The predicted molar refractivity (Wildman–Crippen MR) is 101 cm³/mol. The van der Waals surface area contributed by atoms with Crippen LogP contribution in [0.5, 0.6) is 5.75 Å². The van der Waals surface area contributed by atoms with E-state index in [4.69, 9.17) is 13.9 Å². The molecule has 0 bridgehead atoms. The second-order valence-corrected chi connectivity index (χ2v) is 7.35. The van der Waals surface area contributed by atoms with Crippen molar-refractivity contribution in [2.75, 3.05) is 0 Å². The van der Waals surface area contributed by atoms with E-state index in [-0.39, 0.29) is 0 Å². The van der Waals surface area contributed by atoms with Gasteiger partial charge >= 0.3 is 17.7 Å². The second kappa shape index (κ2) is 7.82. The molecular weight excluding hydrogens is 350 g/mol. The summed E-state index contributed by atoms with van der Waals surface area (Å²) in [6.07, 6.45) is -0.0897. The van der Waals surface area contributed by atoms with Crippen molar-refractivity contribution in [3.63, 3.8) is 0 Å². The van der Waals surface area contributed by atoms with E-state index in [1.165, 1.54) is 19.1 Å². The molecule has 0 spiro atoms. The van der Waals surface area contributed by atoms with Crippen molar-refractivity contribution in [3.05, 3.63) is 39.7 Å². The third-order valence-corrected chi connectivity index (χ3v) is 3.81. The minimum atomic E-state index is -0.912. The van der Waals surface area contributed by atoms with E-state index in [0.717, 1.165) is 16.5 Å². The molecule has 1 amide bonds. The Morgan fingerprint density at radius 1 is 1.22 bits per heavy atom. The first kappa shape index (κ1) is 20.5. The Bertz CT molecular complexity index is 922. The summed E-state index contributed by atoms with van der Waals surface area (Å²) in [6.45, 7) is 10.4. The van der Waals surface area contributed by atoms with E-state index in [1.54, 1.807) is 20.8 Å². The lowest BCUT2D eigenvalue weighted by Crippen LogP contribution is -2.43. The zero-order valence-electron chi connectivity index (χ0n) is 16.5. The molecule has 0 aliphatic heterocycles. The lowest BCUT2D eigenvalue weighted by atomic mass is 10.1. The monoisotopic (exact) mass is 375 g/mol. The van der Waals surface area contributed by atoms with E-state index >= 15 is 0 Å². The van der Waals surface area contributed by atoms with Crippen LogP contribution in [0.25, 0.3) is 11.0 Å². The van der Waals surface area contributed by atoms with Crippen molar-refractivity contribution in [3.8, 4) is 5.75 Å². The van der Waals surface area contributed by atoms with Crippen molar-refractivity contribution in [2.24, 2.45) is 0 Å². The number of carbonyl (C=O) groups is 2. The van der Waals surface area contributed by atoms with Crippen LogP contribution >= 0.6 is 0 Å². The lowest BCUT2D eigenvalue weighted by molar-refractivity contribution is -0.136. The predicted octanol–water partition coefficient (Wildman–Crippen LogP) is 3.48. The normalized spacial score (nSPS) is 12.5. The topological polar surface area (TPSA) is 94.8 Å². The summed E-state index contributed by atoms with van der Waals surface area (Å²) < 4.78 is 15.8. The molecule has 7 nitrogen and oxygen atoms in total. The quantitative estimate of drug-likeness (QED) is 0.499. The maximum Gasteiger partial charge on any atom is 0.408 e. The van der Waals surface area contributed by atoms with Gasteiger partial charge in [-0.05, 0) is 58.2 Å². The van der Waals surface area contributed by atoms with Crippen molar-refractivity contribution in [2.45, 2.75) is 59.6 Å². The van der Waals surface area contributed by atoms with Crippen LogP contribution in [0.15, 0.2) is 27.4 Å². The lowest BCUT2D eigenvalue weighted by Gasteiger charge is -2.21. The number of fused-ring (bicyclic) bond motifs is 1. The van der Waals surface area contributed by atoms with Crippen LogP contribution < -0.4 is 15.7 Å². The molecule has 1 unspecified atom stereocenters. The highest BCUT2D eigenvalue weighted by atomic mass is 16.6. The molecule has 2 rings (SSSR count). The molecule has 0 aliphatic rings. The Labute approximate surface area is 157 Å². The SMILES string of the molecule is CCc1cc2c(C)cc(=O)oc2cc1OC(=O)C(C)NC(=O)OC(C)(C)C. The van der Waals surface area contributed by atoms with Crippen molar-refractivity contribution in [1.29, 1.82) is 0 Å². The van der Waals surface area contributed by atoms with Crippen LogP contribution in [-0.4, -0.2) is 23.7 Å². The molecule has 146 valence electrons. The average molecular weight is 375 g/mol. The fourth-order valence-corrected chi connectivity index (χ4v) is 2.50. The first-order valence-corrected chi connectivity index (χ1v) is 8.78. The van der Waals surface area contributed by atoms with E-state index in [2.05, 4.69) is 5.32 Å². The zero-order valence-corrected chi connectivity index (χ0v) is 16.5. The first-order valence-electron chi connectivity index (χ1n) is 8.78. The number of ether oxygens (including phenoxy) is 2. The molecule has 1 heterocycles. The zero-order chi connectivity index (χ0) is 20.4. The van der Waals surface area contributed by atoms with Crippen molar-refractivity contribution >= 4 is 23.0 Å². The van der Waals surface area contributed by atoms with Crippen LogP contribution in [0.2, 0.25) is 0 Å². The summed E-state index contributed by atoms with van der Waals surface area (Å²) in [7, 11) is 0. The minimum Gasteiger partial charge on any atom is -0.444 e. The second-order valence-electron chi connectivity index (χ2n) is 7.35.